The first kappa shape index (κ1) is 27.6. The minimum absolute atomic E-state index is 0.104. The first-order chi connectivity index (χ1) is 18.7. The van der Waals surface area contributed by atoms with Crippen LogP contribution in [0, 0.1) is 6.92 Å². The maximum absolute atomic E-state index is 13.0. The van der Waals surface area contributed by atoms with Gasteiger partial charge in [-0.2, -0.15) is 13.2 Å². The molecular formula is C28H29F3N6O2. The molecule has 39 heavy (non-hydrogen) atoms. The van der Waals surface area contributed by atoms with Gasteiger partial charge < -0.3 is 15.4 Å². The number of urea groups is 1. The predicted octanol–water partition coefficient (Wildman–Crippen LogP) is 7.16. The van der Waals surface area contributed by atoms with E-state index in [2.05, 4.69) is 31.3 Å². The van der Waals surface area contributed by atoms with Gasteiger partial charge in [-0.1, -0.05) is 48.9 Å². The highest BCUT2D eigenvalue weighted by atomic mass is 19.4. The quantitative estimate of drug-likeness (QED) is 0.199. The van der Waals surface area contributed by atoms with Gasteiger partial charge in [-0.25, -0.2) is 9.89 Å². The van der Waals surface area contributed by atoms with Crippen LogP contribution in [0.4, 0.5) is 29.3 Å². The first-order valence-corrected chi connectivity index (χ1v) is 12.6. The average Bonchev–Trinajstić information content (AvgIpc) is 3.44. The molecule has 4 aromatic rings. The Morgan fingerprint density at radius 3 is 2.44 bits per heavy atom. The Morgan fingerprint density at radius 2 is 1.77 bits per heavy atom. The molecule has 1 heterocycles. The van der Waals surface area contributed by atoms with Gasteiger partial charge in [-0.05, 0) is 77.6 Å². The van der Waals surface area contributed by atoms with Crippen LogP contribution in [-0.4, -0.2) is 39.4 Å². The molecule has 204 valence electrons. The zero-order chi connectivity index (χ0) is 27.8. The fourth-order valence-electron chi connectivity index (χ4n) is 4.11. The molecule has 0 radical (unpaired) electrons. The zero-order valence-electron chi connectivity index (χ0n) is 21.6. The maximum atomic E-state index is 13.0. The number of hydrogen-bond acceptors (Lipinski definition) is 5. The van der Waals surface area contributed by atoms with E-state index in [1.807, 2.05) is 50.2 Å². The highest BCUT2D eigenvalue weighted by molar-refractivity contribution is 6.01. The number of alkyl halides is 3. The highest BCUT2D eigenvalue weighted by Gasteiger charge is 2.27. The number of tetrazole rings is 1. The molecule has 0 aliphatic rings. The Morgan fingerprint density at radius 1 is 1.03 bits per heavy atom. The summed E-state index contributed by atoms with van der Waals surface area (Å²) in [5, 5.41) is 19.7. The molecular weight excluding hydrogens is 509 g/mol. The fourth-order valence-corrected chi connectivity index (χ4v) is 4.11. The smallest absolute Gasteiger partial charge is 0.389 e. The van der Waals surface area contributed by atoms with Crippen molar-refractivity contribution in [3.8, 4) is 28.3 Å². The van der Waals surface area contributed by atoms with E-state index in [9.17, 15) is 18.0 Å². The van der Waals surface area contributed by atoms with Gasteiger partial charge in [0.25, 0.3) is 0 Å². The van der Waals surface area contributed by atoms with Gasteiger partial charge in [0.1, 0.15) is 5.75 Å². The lowest BCUT2D eigenvalue weighted by Gasteiger charge is -2.20. The van der Waals surface area contributed by atoms with Crippen molar-refractivity contribution in [2.45, 2.75) is 45.7 Å². The van der Waals surface area contributed by atoms with Crippen LogP contribution in [0.1, 0.15) is 37.3 Å². The summed E-state index contributed by atoms with van der Waals surface area (Å²) in [7, 11) is 0. The van der Waals surface area contributed by atoms with Crippen LogP contribution in [0.5, 0.6) is 5.75 Å². The van der Waals surface area contributed by atoms with E-state index in [1.165, 1.54) is 0 Å². The molecule has 8 nitrogen and oxygen atoms in total. The van der Waals surface area contributed by atoms with Crippen molar-refractivity contribution >= 4 is 17.4 Å². The molecule has 0 unspecified atom stereocenters. The Labute approximate surface area is 224 Å². The lowest BCUT2D eigenvalue weighted by Crippen LogP contribution is -2.20. The van der Waals surface area contributed by atoms with Crippen LogP contribution in [-0.2, 0) is 6.42 Å². The van der Waals surface area contributed by atoms with Gasteiger partial charge in [0.05, 0.1) is 12.3 Å². The van der Waals surface area contributed by atoms with E-state index in [4.69, 9.17) is 4.74 Å². The largest absolute Gasteiger partial charge is 0.491 e. The second-order valence-electron chi connectivity index (χ2n) is 9.07. The first-order valence-electron chi connectivity index (χ1n) is 12.6. The van der Waals surface area contributed by atoms with Gasteiger partial charge in [-0.3, -0.25) is 0 Å². The third-order valence-corrected chi connectivity index (χ3v) is 5.92. The Hall–Kier alpha value is -4.41. The van der Waals surface area contributed by atoms with Crippen molar-refractivity contribution < 1.29 is 22.7 Å². The highest BCUT2D eigenvalue weighted by Crippen LogP contribution is 2.39. The van der Waals surface area contributed by atoms with Crippen molar-refractivity contribution in [2.75, 3.05) is 17.2 Å². The number of amides is 2. The molecule has 3 aromatic carbocycles. The number of aromatic nitrogens is 4. The van der Waals surface area contributed by atoms with E-state index in [0.717, 1.165) is 11.1 Å². The number of anilines is 2. The number of carbonyl (C=O) groups is 1. The SMILES string of the molecule is CCCOc1c(CCCC(F)(F)F)cc(-c2ccccc2-c2nnn[nH]2)cc1NC(=O)Nc1ccc(C)cc1. The van der Waals surface area contributed by atoms with E-state index in [-0.39, 0.29) is 12.8 Å². The number of hydrogen-bond donors (Lipinski definition) is 3. The van der Waals surface area contributed by atoms with Crippen LogP contribution in [0.15, 0.2) is 60.7 Å². The topological polar surface area (TPSA) is 105 Å². The van der Waals surface area contributed by atoms with Crippen molar-refractivity contribution in [3.63, 3.8) is 0 Å². The molecule has 0 fully saturated rings. The van der Waals surface area contributed by atoms with E-state index < -0.39 is 18.6 Å². The number of H-pyrrole nitrogens is 1. The van der Waals surface area contributed by atoms with Crippen molar-refractivity contribution in [2.24, 2.45) is 0 Å². The maximum Gasteiger partial charge on any atom is 0.389 e. The molecule has 0 saturated heterocycles. The number of nitrogens with one attached hydrogen (secondary N) is 3. The second kappa shape index (κ2) is 12.4. The summed E-state index contributed by atoms with van der Waals surface area (Å²) in [6.45, 7) is 4.20. The number of aryl methyl sites for hydroxylation is 2. The molecule has 1 aromatic heterocycles. The summed E-state index contributed by atoms with van der Waals surface area (Å²) < 4.78 is 44.9. The summed E-state index contributed by atoms with van der Waals surface area (Å²) in [5.41, 5.74) is 4.64. The molecule has 0 saturated carbocycles. The standard InChI is InChI=1S/C28H29F3N6O2/c1-3-15-39-25-19(7-6-14-28(29,30)31)16-20(22-8-4-5-9-23(22)26-34-36-37-35-26)17-24(25)33-27(38)32-21-12-10-18(2)11-13-21/h4-5,8-13,16-17H,3,6-7,14-15H2,1-2H3,(H2,32,33,38)(H,34,35,36,37). The monoisotopic (exact) mass is 538 g/mol. The third kappa shape index (κ3) is 7.56. The molecule has 0 atom stereocenters. The Bertz CT molecular complexity index is 1390. The van der Waals surface area contributed by atoms with Crippen LogP contribution in [0.25, 0.3) is 22.5 Å². The van der Waals surface area contributed by atoms with Gasteiger partial charge >= 0.3 is 12.2 Å². The molecule has 0 bridgehead atoms. The second-order valence-corrected chi connectivity index (χ2v) is 9.07. The number of rotatable bonds is 10. The summed E-state index contributed by atoms with van der Waals surface area (Å²) in [4.78, 5) is 13.0. The minimum atomic E-state index is -4.27. The summed E-state index contributed by atoms with van der Waals surface area (Å²) in [6, 6.07) is 17.7. The summed E-state index contributed by atoms with van der Waals surface area (Å²) in [5.74, 6) is 0.780. The van der Waals surface area contributed by atoms with Crippen LogP contribution in [0.3, 0.4) is 0 Å². The third-order valence-electron chi connectivity index (χ3n) is 5.92. The van der Waals surface area contributed by atoms with Crippen molar-refractivity contribution in [3.05, 3.63) is 71.8 Å². The summed E-state index contributed by atoms with van der Waals surface area (Å²) in [6.07, 6.45) is -4.55. The number of carbonyl (C=O) groups excluding carboxylic acids is 1. The van der Waals surface area contributed by atoms with Crippen LogP contribution in [0.2, 0.25) is 0 Å². The molecule has 3 N–H and O–H groups in total. The normalized spacial score (nSPS) is 11.3. The lowest BCUT2D eigenvalue weighted by atomic mass is 9.94. The predicted molar refractivity (Wildman–Crippen MR) is 144 cm³/mol. The molecule has 4 rings (SSSR count). The van der Waals surface area contributed by atoms with Crippen molar-refractivity contribution in [1.29, 1.82) is 0 Å². The van der Waals surface area contributed by atoms with E-state index in [1.54, 1.807) is 24.3 Å². The summed E-state index contributed by atoms with van der Waals surface area (Å²) >= 11 is 0. The number of halogens is 3. The Balaban J connectivity index is 1.76. The molecule has 0 aliphatic carbocycles. The van der Waals surface area contributed by atoms with Crippen LogP contribution >= 0.6 is 0 Å². The molecule has 11 heteroatoms. The van der Waals surface area contributed by atoms with Crippen LogP contribution < -0.4 is 15.4 Å². The molecule has 2 amide bonds. The molecule has 0 spiro atoms. The minimum Gasteiger partial charge on any atom is -0.491 e. The lowest BCUT2D eigenvalue weighted by molar-refractivity contribution is -0.135. The van der Waals surface area contributed by atoms with Crippen molar-refractivity contribution in [1.82, 2.24) is 20.6 Å². The van der Waals surface area contributed by atoms with E-state index in [0.29, 0.717) is 52.7 Å². The number of ether oxygens (including phenoxy) is 1. The number of benzene rings is 3. The van der Waals surface area contributed by atoms with Gasteiger partial charge in [-0.15, -0.1) is 5.10 Å². The Kier molecular flexibility index (Phi) is 8.80. The van der Waals surface area contributed by atoms with E-state index >= 15 is 0 Å². The number of nitrogens with zero attached hydrogens (tertiary/aromatic N) is 3. The molecule has 0 aliphatic heterocycles. The fraction of sp³-hybridized carbons (Fsp3) is 0.286. The number of aromatic amines is 1. The van der Waals surface area contributed by atoms with Gasteiger partial charge in [0, 0.05) is 17.7 Å². The average molecular weight is 539 g/mol. The zero-order valence-corrected chi connectivity index (χ0v) is 21.6. The van der Waals surface area contributed by atoms with Gasteiger partial charge in [0.2, 0.25) is 0 Å². The van der Waals surface area contributed by atoms with Gasteiger partial charge in [0.15, 0.2) is 5.82 Å².